The van der Waals surface area contributed by atoms with Crippen LogP contribution in [0.1, 0.15) is 36.3 Å². The Hall–Kier alpha value is -1.65. The van der Waals surface area contributed by atoms with Gasteiger partial charge in [-0.3, -0.25) is 4.79 Å². The molecule has 0 bridgehead atoms. The molecule has 1 amide bonds. The fraction of sp³-hybridized carbons (Fsp3) is 0.267. The summed E-state index contributed by atoms with van der Waals surface area (Å²) in [5.74, 6) is -0.252. The van der Waals surface area contributed by atoms with Crippen molar-refractivity contribution in [3.05, 3.63) is 52.2 Å². The van der Waals surface area contributed by atoms with Crippen molar-refractivity contribution in [1.29, 1.82) is 0 Å². The molecule has 0 saturated carbocycles. The van der Waals surface area contributed by atoms with E-state index >= 15 is 0 Å². The van der Waals surface area contributed by atoms with E-state index in [0.29, 0.717) is 5.69 Å². The van der Waals surface area contributed by atoms with Gasteiger partial charge in [0.05, 0.1) is 12.0 Å². The van der Waals surface area contributed by atoms with Gasteiger partial charge < -0.3 is 10.4 Å². The summed E-state index contributed by atoms with van der Waals surface area (Å²) >= 11 is 1.57. The van der Waals surface area contributed by atoms with Gasteiger partial charge in [-0.05, 0) is 31.4 Å². The highest BCUT2D eigenvalue weighted by atomic mass is 32.1. The third kappa shape index (κ3) is 3.22. The molecule has 0 aliphatic heterocycles. The van der Waals surface area contributed by atoms with Gasteiger partial charge in [0.1, 0.15) is 0 Å². The van der Waals surface area contributed by atoms with Gasteiger partial charge in [-0.1, -0.05) is 24.3 Å². The number of thiophene rings is 1. The molecule has 1 aromatic heterocycles. The van der Waals surface area contributed by atoms with E-state index in [2.05, 4.69) is 5.32 Å². The smallest absolute Gasteiger partial charge is 0.232 e. The lowest BCUT2D eigenvalue weighted by Gasteiger charge is -2.15. The van der Waals surface area contributed by atoms with Gasteiger partial charge in [0.15, 0.2) is 0 Å². The number of carbonyl (C=O) groups is 1. The highest BCUT2D eigenvalue weighted by molar-refractivity contribution is 7.10. The molecule has 19 heavy (non-hydrogen) atoms. The second-order valence-electron chi connectivity index (χ2n) is 4.49. The van der Waals surface area contributed by atoms with Gasteiger partial charge in [-0.15, -0.1) is 11.3 Å². The first-order valence-corrected chi connectivity index (χ1v) is 7.09. The summed E-state index contributed by atoms with van der Waals surface area (Å²) < 4.78 is 0. The van der Waals surface area contributed by atoms with Crippen molar-refractivity contribution in [2.75, 3.05) is 5.32 Å². The van der Waals surface area contributed by atoms with Gasteiger partial charge in [0.2, 0.25) is 5.91 Å². The van der Waals surface area contributed by atoms with Crippen molar-refractivity contribution in [3.63, 3.8) is 0 Å². The SMILES string of the molecule is CC(O)c1ccccc1NC(=O)C(C)c1cccs1. The van der Waals surface area contributed by atoms with E-state index in [1.165, 1.54) is 0 Å². The lowest BCUT2D eigenvalue weighted by molar-refractivity contribution is -0.117. The molecule has 100 valence electrons. The molecule has 2 unspecified atom stereocenters. The molecule has 0 aliphatic carbocycles. The number of rotatable bonds is 4. The lowest BCUT2D eigenvalue weighted by atomic mass is 10.1. The molecule has 2 aromatic rings. The average Bonchev–Trinajstić information content (AvgIpc) is 2.92. The molecule has 3 nitrogen and oxygen atoms in total. The zero-order valence-electron chi connectivity index (χ0n) is 11.0. The van der Waals surface area contributed by atoms with Crippen LogP contribution in [0.5, 0.6) is 0 Å². The van der Waals surface area contributed by atoms with Crippen LogP contribution in [0.4, 0.5) is 5.69 Å². The number of aliphatic hydroxyl groups excluding tert-OH is 1. The van der Waals surface area contributed by atoms with E-state index in [1.807, 2.05) is 42.6 Å². The number of nitrogens with one attached hydrogen (secondary N) is 1. The molecule has 0 spiro atoms. The van der Waals surface area contributed by atoms with Gasteiger partial charge in [0.25, 0.3) is 0 Å². The number of anilines is 1. The van der Waals surface area contributed by atoms with Crippen LogP contribution in [-0.4, -0.2) is 11.0 Å². The third-order valence-corrected chi connectivity index (χ3v) is 4.09. The van der Waals surface area contributed by atoms with Gasteiger partial charge in [-0.25, -0.2) is 0 Å². The van der Waals surface area contributed by atoms with Crippen LogP contribution in [0.2, 0.25) is 0 Å². The minimum absolute atomic E-state index is 0.0597. The number of amides is 1. The highest BCUT2D eigenvalue weighted by Gasteiger charge is 2.18. The molecule has 0 fully saturated rings. The molecule has 2 atom stereocenters. The molecule has 0 radical (unpaired) electrons. The number of para-hydroxylation sites is 1. The first-order valence-electron chi connectivity index (χ1n) is 6.21. The minimum Gasteiger partial charge on any atom is -0.389 e. The number of aliphatic hydroxyl groups is 1. The largest absolute Gasteiger partial charge is 0.389 e. The summed E-state index contributed by atoms with van der Waals surface area (Å²) in [4.78, 5) is 13.2. The Morgan fingerprint density at radius 2 is 1.95 bits per heavy atom. The molecular weight excluding hydrogens is 258 g/mol. The first-order chi connectivity index (χ1) is 9.09. The zero-order chi connectivity index (χ0) is 13.8. The molecule has 4 heteroatoms. The summed E-state index contributed by atoms with van der Waals surface area (Å²) in [6.45, 7) is 3.57. The number of hydrogen-bond donors (Lipinski definition) is 2. The Kier molecular flexibility index (Phi) is 4.35. The second kappa shape index (κ2) is 5.99. The van der Waals surface area contributed by atoms with E-state index in [0.717, 1.165) is 10.4 Å². The predicted octanol–water partition coefficient (Wildman–Crippen LogP) is 3.54. The maximum Gasteiger partial charge on any atom is 0.232 e. The fourth-order valence-corrected chi connectivity index (χ4v) is 2.67. The molecular formula is C15H17NO2S. The van der Waals surface area contributed by atoms with Crippen molar-refractivity contribution < 1.29 is 9.90 Å². The standard InChI is InChI=1S/C15H17NO2S/c1-10(14-8-5-9-19-14)15(18)16-13-7-4-3-6-12(13)11(2)17/h3-11,17H,1-2H3,(H,16,18). The van der Waals surface area contributed by atoms with Crippen LogP contribution in [0, 0.1) is 0 Å². The molecule has 0 aliphatic rings. The number of benzene rings is 1. The Morgan fingerprint density at radius 3 is 2.58 bits per heavy atom. The summed E-state index contributed by atoms with van der Waals surface area (Å²) in [5, 5.41) is 14.5. The monoisotopic (exact) mass is 275 g/mol. The Balaban J connectivity index is 2.15. The van der Waals surface area contributed by atoms with Crippen molar-refractivity contribution in [3.8, 4) is 0 Å². The number of hydrogen-bond acceptors (Lipinski definition) is 3. The Bertz CT molecular complexity index is 549. The van der Waals surface area contributed by atoms with Gasteiger partial charge in [0, 0.05) is 16.1 Å². The van der Waals surface area contributed by atoms with E-state index in [-0.39, 0.29) is 11.8 Å². The van der Waals surface area contributed by atoms with E-state index in [1.54, 1.807) is 24.3 Å². The third-order valence-electron chi connectivity index (χ3n) is 3.03. The van der Waals surface area contributed by atoms with Gasteiger partial charge in [-0.2, -0.15) is 0 Å². The van der Waals surface area contributed by atoms with Crippen molar-refractivity contribution >= 4 is 22.9 Å². The quantitative estimate of drug-likeness (QED) is 0.896. The molecule has 0 saturated heterocycles. The van der Waals surface area contributed by atoms with Crippen LogP contribution in [-0.2, 0) is 4.79 Å². The zero-order valence-corrected chi connectivity index (χ0v) is 11.8. The molecule has 1 heterocycles. The second-order valence-corrected chi connectivity index (χ2v) is 5.47. The molecule has 2 N–H and O–H groups in total. The summed E-state index contributed by atoms with van der Waals surface area (Å²) in [6, 6.07) is 11.2. The number of carbonyl (C=O) groups excluding carboxylic acids is 1. The van der Waals surface area contributed by atoms with E-state index in [9.17, 15) is 9.90 Å². The fourth-order valence-electron chi connectivity index (χ4n) is 1.88. The van der Waals surface area contributed by atoms with Crippen LogP contribution in [0.15, 0.2) is 41.8 Å². The maximum atomic E-state index is 12.2. The average molecular weight is 275 g/mol. The molecule has 2 rings (SSSR count). The van der Waals surface area contributed by atoms with Crippen LogP contribution < -0.4 is 5.32 Å². The van der Waals surface area contributed by atoms with Crippen molar-refractivity contribution in [2.24, 2.45) is 0 Å². The van der Waals surface area contributed by atoms with Gasteiger partial charge >= 0.3 is 0 Å². The Labute approximate surface area is 116 Å². The van der Waals surface area contributed by atoms with Crippen LogP contribution >= 0.6 is 11.3 Å². The van der Waals surface area contributed by atoms with E-state index in [4.69, 9.17) is 0 Å². The minimum atomic E-state index is -0.603. The first kappa shape index (κ1) is 13.8. The highest BCUT2D eigenvalue weighted by Crippen LogP contribution is 2.26. The van der Waals surface area contributed by atoms with E-state index < -0.39 is 6.10 Å². The summed E-state index contributed by atoms with van der Waals surface area (Å²) in [5.41, 5.74) is 1.40. The maximum absolute atomic E-state index is 12.2. The van der Waals surface area contributed by atoms with Crippen molar-refractivity contribution in [2.45, 2.75) is 25.9 Å². The summed E-state index contributed by atoms with van der Waals surface area (Å²) in [6.07, 6.45) is -0.603. The van der Waals surface area contributed by atoms with Crippen molar-refractivity contribution in [1.82, 2.24) is 0 Å². The Morgan fingerprint density at radius 1 is 1.21 bits per heavy atom. The predicted molar refractivity (Wildman–Crippen MR) is 78.4 cm³/mol. The normalized spacial score (nSPS) is 13.8. The topological polar surface area (TPSA) is 49.3 Å². The lowest BCUT2D eigenvalue weighted by Crippen LogP contribution is -2.19. The molecule has 1 aromatic carbocycles. The van der Waals surface area contributed by atoms with Crippen LogP contribution in [0.3, 0.4) is 0 Å². The van der Waals surface area contributed by atoms with Crippen LogP contribution in [0.25, 0.3) is 0 Å². The summed E-state index contributed by atoms with van der Waals surface area (Å²) in [7, 11) is 0.